The van der Waals surface area contributed by atoms with Crippen molar-refractivity contribution in [1.29, 1.82) is 0 Å². The number of aryl methyl sites for hydroxylation is 1. The molecular weight excluding hydrogens is 388 g/mol. The van der Waals surface area contributed by atoms with Crippen LogP contribution in [0.2, 0.25) is 0 Å². The molecule has 0 unspecified atom stereocenters. The van der Waals surface area contributed by atoms with Gasteiger partial charge in [0.15, 0.2) is 5.69 Å². The van der Waals surface area contributed by atoms with Crippen LogP contribution in [0, 0.1) is 6.92 Å². The number of rotatable bonds is 7. The van der Waals surface area contributed by atoms with Crippen molar-refractivity contribution in [1.82, 2.24) is 29.7 Å². The van der Waals surface area contributed by atoms with E-state index in [0.717, 1.165) is 22.4 Å². The van der Waals surface area contributed by atoms with Gasteiger partial charge >= 0.3 is 0 Å². The van der Waals surface area contributed by atoms with Gasteiger partial charge in [0.05, 0.1) is 24.6 Å². The summed E-state index contributed by atoms with van der Waals surface area (Å²) in [7, 11) is 1.75. The summed E-state index contributed by atoms with van der Waals surface area (Å²) >= 11 is 0. The maximum atomic E-state index is 12.8. The van der Waals surface area contributed by atoms with Gasteiger partial charge in [0.2, 0.25) is 0 Å². The summed E-state index contributed by atoms with van der Waals surface area (Å²) in [6.07, 6.45) is 9.40. The molecule has 0 N–H and O–H groups in total. The molecule has 4 aromatic rings. The number of nitrogens with zero attached hydrogens (tertiary/aromatic N) is 6. The molecule has 0 radical (unpaired) electrons. The van der Waals surface area contributed by atoms with Gasteiger partial charge in [-0.3, -0.25) is 4.79 Å². The predicted octanol–water partition coefficient (Wildman–Crippen LogP) is 3.76. The zero-order valence-electron chi connectivity index (χ0n) is 17.6. The Morgan fingerprint density at radius 3 is 2.65 bits per heavy atom. The SMILES string of the molecule is Cc1ccccc1-n1cc(CN(C)C(=O)c2cn(CC=Cc3ccccc3)nn2)cn1. The van der Waals surface area contributed by atoms with Crippen molar-refractivity contribution < 1.29 is 4.79 Å². The molecule has 0 saturated heterocycles. The lowest BCUT2D eigenvalue weighted by Crippen LogP contribution is -2.26. The fraction of sp³-hybridized carbons (Fsp3) is 0.167. The lowest BCUT2D eigenvalue weighted by molar-refractivity contribution is 0.0779. The molecule has 0 aliphatic rings. The fourth-order valence-corrected chi connectivity index (χ4v) is 3.28. The molecule has 7 nitrogen and oxygen atoms in total. The second-order valence-electron chi connectivity index (χ2n) is 7.38. The average Bonchev–Trinajstić information content (AvgIpc) is 3.44. The molecule has 0 aliphatic heterocycles. The molecule has 2 aromatic heterocycles. The Labute approximate surface area is 181 Å². The Kier molecular flexibility index (Phi) is 6.03. The number of carbonyl (C=O) groups excluding carboxylic acids is 1. The summed E-state index contributed by atoms with van der Waals surface area (Å²) in [5.41, 5.74) is 4.54. The molecule has 0 spiro atoms. The van der Waals surface area contributed by atoms with Gasteiger partial charge in [-0.25, -0.2) is 9.36 Å². The molecule has 0 aliphatic carbocycles. The van der Waals surface area contributed by atoms with E-state index in [1.807, 2.05) is 84.6 Å². The molecule has 7 heteroatoms. The highest BCUT2D eigenvalue weighted by Gasteiger charge is 2.17. The zero-order chi connectivity index (χ0) is 21.6. The van der Waals surface area contributed by atoms with Crippen LogP contribution in [0.3, 0.4) is 0 Å². The third-order valence-electron chi connectivity index (χ3n) is 4.92. The largest absolute Gasteiger partial charge is 0.336 e. The highest BCUT2D eigenvalue weighted by molar-refractivity contribution is 5.91. The van der Waals surface area contributed by atoms with Crippen LogP contribution in [0.4, 0.5) is 0 Å². The van der Waals surface area contributed by atoms with Crippen molar-refractivity contribution in [2.45, 2.75) is 20.0 Å². The van der Waals surface area contributed by atoms with E-state index in [0.29, 0.717) is 18.8 Å². The monoisotopic (exact) mass is 412 g/mol. The molecule has 156 valence electrons. The number of aromatic nitrogens is 5. The quantitative estimate of drug-likeness (QED) is 0.464. The van der Waals surface area contributed by atoms with E-state index < -0.39 is 0 Å². The van der Waals surface area contributed by atoms with E-state index in [9.17, 15) is 4.79 Å². The molecule has 2 heterocycles. The third-order valence-corrected chi connectivity index (χ3v) is 4.92. The van der Waals surface area contributed by atoms with E-state index >= 15 is 0 Å². The standard InChI is InChI=1S/C24H24N6O/c1-19-9-6-7-13-23(19)30-17-21(15-25-30)16-28(2)24(31)22-18-29(27-26-22)14-8-12-20-10-4-3-5-11-20/h3-13,15,17-18H,14,16H2,1-2H3. The first-order valence-electron chi connectivity index (χ1n) is 10.1. The highest BCUT2D eigenvalue weighted by Crippen LogP contribution is 2.14. The van der Waals surface area contributed by atoms with Gasteiger partial charge in [0, 0.05) is 25.4 Å². The Morgan fingerprint density at radius 2 is 1.84 bits per heavy atom. The van der Waals surface area contributed by atoms with Crippen molar-refractivity contribution in [3.8, 4) is 5.69 Å². The lowest BCUT2D eigenvalue weighted by Gasteiger charge is -2.14. The molecule has 0 bridgehead atoms. The van der Waals surface area contributed by atoms with Crippen molar-refractivity contribution in [3.63, 3.8) is 0 Å². The summed E-state index contributed by atoms with van der Waals surface area (Å²) in [5.74, 6) is -0.179. The number of carbonyl (C=O) groups is 1. The minimum Gasteiger partial charge on any atom is -0.336 e. The van der Waals surface area contributed by atoms with Gasteiger partial charge in [0.1, 0.15) is 0 Å². The molecule has 0 fully saturated rings. The van der Waals surface area contributed by atoms with Gasteiger partial charge < -0.3 is 4.90 Å². The Morgan fingerprint density at radius 1 is 1.06 bits per heavy atom. The number of para-hydroxylation sites is 1. The van der Waals surface area contributed by atoms with E-state index in [1.54, 1.807) is 29.0 Å². The van der Waals surface area contributed by atoms with Crippen LogP contribution in [0.5, 0.6) is 0 Å². The summed E-state index contributed by atoms with van der Waals surface area (Å²) in [6, 6.07) is 18.1. The molecule has 2 aromatic carbocycles. The summed E-state index contributed by atoms with van der Waals surface area (Å²) in [4.78, 5) is 14.4. The van der Waals surface area contributed by atoms with Gasteiger partial charge in [-0.2, -0.15) is 5.10 Å². The molecule has 0 atom stereocenters. The first-order chi connectivity index (χ1) is 15.1. The number of hydrogen-bond acceptors (Lipinski definition) is 4. The van der Waals surface area contributed by atoms with Gasteiger partial charge in [0.25, 0.3) is 5.91 Å². The molecule has 4 rings (SSSR count). The minimum atomic E-state index is -0.179. The Bertz CT molecular complexity index is 1190. The van der Waals surface area contributed by atoms with E-state index in [1.165, 1.54) is 0 Å². The number of amides is 1. The molecule has 31 heavy (non-hydrogen) atoms. The number of hydrogen-bond donors (Lipinski definition) is 0. The van der Waals surface area contributed by atoms with E-state index in [2.05, 4.69) is 15.4 Å². The third kappa shape index (κ3) is 4.95. The van der Waals surface area contributed by atoms with Crippen LogP contribution in [-0.2, 0) is 13.1 Å². The van der Waals surface area contributed by atoms with Crippen molar-refractivity contribution in [2.24, 2.45) is 0 Å². The van der Waals surface area contributed by atoms with Crippen LogP contribution in [0.1, 0.15) is 27.2 Å². The molecular formula is C24H24N6O. The summed E-state index contributed by atoms with van der Waals surface area (Å²) in [6.45, 7) is 3.03. The van der Waals surface area contributed by atoms with Crippen molar-refractivity contribution in [2.75, 3.05) is 7.05 Å². The van der Waals surface area contributed by atoms with E-state index in [4.69, 9.17) is 0 Å². The maximum absolute atomic E-state index is 12.8. The van der Waals surface area contributed by atoms with E-state index in [-0.39, 0.29) is 5.91 Å². The predicted molar refractivity (Wildman–Crippen MR) is 120 cm³/mol. The lowest BCUT2D eigenvalue weighted by atomic mass is 10.2. The van der Waals surface area contributed by atoms with Gasteiger partial charge in [-0.05, 0) is 24.1 Å². The van der Waals surface area contributed by atoms with Crippen LogP contribution in [0.25, 0.3) is 11.8 Å². The van der Waals surface area contributed by atoms with Crippen molar-refractivity contribution in [3.05, 3.63) is 102 Å². The smallest absolute Gasteiger partial charge is 0.276 e. The fourth-order valence-electron chi connectivity index (χ4n) is 3.28. The first kappa shape index (κ1) is 20.3. The number of allylic oxidation sites excluding steroid dienone is 1. The van der Waals surface area contributed by atoms with Crippen LogP contribution in [-0.4, -0.2) is 42.6 Å². The topological polar surface area (TPSA) is 68.8 Å². The normalized spacial score (nSPS) is 11.2. The van der Waals surface area contributed by atoms with Gasteiger partial charge in [-0.15, -0.1) is 5.10 Å². The minimum absolute atomic E-state index is 0.179. The van der Waals surface area contributed by atoms with Crippen LogP contribution in [0.15, 0.2) is 79.3 Å². The summed E-state index contributed by atoms with van der Waals surface area (Å²) < 4.78 is 3.48. The van der Waals surface area contributed by atoms with Crippen LogP contribution >= 0.6 is 0 Å². The molecule has 0 saturated carbocycles. The maximum Gasteiger partial charge on any atom is 0.276 e. The second kappa shape index (κ2) is 9.21. The second-order valence-corrected chi connectivity index (χ2v) is 7.38. The van der Waals surface area contributed by atoms with Crippen molar-refractivity contribution >= 4 is 12.0 Å². The summed E-state index contributed by atoms with van der Waals surface area (Å²) in [5, 5.41) is 12.5. The highest BCUT2D eigenvalue weighted by atomic mass is 16.2. The average molecular weight is 412 g/mol. The zero-order valence-corrected chi connectivity index (χ0v) is 17.6. The van der Waals surface area contributed by atoms with Crippen LogP contribution < -0.4 is 0 Å². The molecule has 1 amide bonds. The first-order valence-corrected chi connectivity index (χ1v) is 10.1. The Hall–Kier alpha value is -4.00. The van der Waals surface area contributed by atoms with Gasteiger partial charge in [-0.1, -0.05) is 65.9 Å². The Balaban J connectivity index is 1.37. The number of benzene rings is 2.